The Morgan fingerprint density at radius 3 is 1.89 bits per heavy atom. The van der Waals surface area contributed by atoms with Crippen LogP contribution in [0.2, 0.25) is 0 Å². The molecule has 0 unspecified atom stereocenters. The van der Waals surface area contributed by atoms with Gasteiger partial charge in [0, 0.05) is 22.8 Å². The molecular formula is C26H18O2. The molecule has 1 atom stereocenters. The Kier molecular flexibility index (Phi) is 3.05. The summed E-state index contributed by atoms with van der Waals surface area (Å²) in [6.07, 6.45) is 6.35. The topological polar surface area (TPSA) is 18.5 Å². The molecule has 0 radical (unpaired) electrons. The van der Waals surface area contributed by atoms with Crippen molar-refractivity contribution in [1.82, 2.24) is 0 Å². The van der Waals surface area contributed by atoms with Gasteiger partial charge in [-0.15, -0.1) is 0 Å². The van der Waals surface area contributed by atoms with Crippen molar-refractivity contribution < 1.29 is 9.47 Å². The van der Waals surface area contributed by atoms with Gasteiger partial charge in [0.15, 0.2) is 0 Å². The van der Waals surface area contributed by atoms with Crippen molar-refractivity contribution >= 4 is 33.7 Å². The lowest BCUT2D eigenvalue weighted by molar-refractivity contribution is -0.0408. The third-order valence-electron chi connectivity index (χ3n) is 5.76. The van der Waals surface area contributed by atoms with Gasteiger partial charge in [-0.25, -0.2) is 0 Å². The van der Waals surface area contributed by atoms with Crippen LogP contribution in [0.1, 0.15) is 18.1 Å². The molecule has 0 fully saturated rings. The summed E-state index contributed by atoms with van der Waals surface area (Å²) in [5.41, 5.74) is 3.25. The van der Waals surface area contributed by atoms with E-state index in [-0.39, 0.29) is 0 Å². The highest BCUT2D eigenvalue weighted by atomic mass is 16.7. The summed E-state index contributed by atoms with van der Waals surface area (Å²) in [6, 6.07) is 25.0. The minimum absolute atomic E-state index is 0.846. The first-order valence-electron chi connectivity index (χ1n) is 9.53. The number of fused-ring (bicyclic) bond motifs is 6. The molecule has 0 aromatic heterocycles. The predicted molar refractivity (Wildman–Crippen MR) is 115 cm³/mol. The average Bonchev–Trinajstić information content (AvgIpc) is 2.74. The number of benzene rings is 4. The summed E-state index contributed by atoms with van der Waals surface area (Å²) >= 11 is 0. The van der Waals surface area contributed by atoms with Crippen LogP contribution in [0.5, 0.6) is 11.5 Å². The second-order valence-electron chi connectivity index (χ2n) is 7.43. The Morgan fingerprint density at radius 1 is 0.643 bits per heavy atom. The SMILES string of the molecule is CC1=Cc2c(ccc3ccccc23)O[C@]12C=Cc1c(ccc3ccccc13)O2. The Balaban J connectivity index is 1.50. The first-order chi connectivity index (χ1) is 13.7. The number of ether oxygens (including phenoxy) is 2. The maximum absolute atomic E-state index is 6.47. The minimum Gasteiger partial charge on any atom is -0.444 e. The highest BCUT2D eigenvalue weighted by molar-refractivity contribution is 5.96. The normalized spacial score (nSPS) is 19.7. The van der Waals surface area contributed by atoms with E-state index >= 15 is 0 Å². The molecule has 28 heavy (non-hydrogen) atoms. The standard InChI is InChI=1S/C26H18O2/c1-17-16-23-21-9-5-3-7-19(21)11-13-25(23)28-26(17)15-14-22-20-8-4-2-6-18(20)10-12-24(22)27-26/h2-16H,1H3/t26-/m1/s1. The van der Waals surface area contributed by atoms with E-state index in [0.717, 1.165) is 28.2 Å². The van der Waals surface area contributed by atoms with E-state index in [1.807, 2.05) is 18.2 Å². The maximum Gasteiger partial charge on any atom is 0.294 e. The molecule has 0 bridgehead atoms. The van der Waals surface area contributed by atoms with Gasteiger partial charge in [-0.1, -0.05) is 60.7 Å². The number of hydrogen-bond donors (Lipinski definition) is 0. The van der Waals surface area contributed by atoms with E-state index in [9.17, 15) is 0 Å². The molecule has 2 aliphatic rings. The lowest BCUT2D eigenvalue weighted by atomic mass is 9.93. The maximum atomic E-state index is 6.47. The first kappa shape index (κ1) is 15.5. The molecule has 134 valence electrons. The second-order valence-corrected chi connectivity index (χ2v) is 7.43. The van der Waals surface area contributed by atoms with E-state index < -0.39 is 5.79 Å². The van der Waals surface area contributed by atoms with Gasteiger partial charge in [0.25, 0.3) is 5.79 Å². The van der Waals surface area contributed by atoms with E-state index in [1.54, 1.807) is 0 Å². The highest BCUT2D eigenvalue weighted by Crippen LogP contribution is 2.45. The van der Waals surface area contributed by atoms with Crippen LogP contribution in [0.25, 0.3) is 33.7 Å². The monoisotopic (exact) mass is 362 g/mol. The van der Waals surface area contributed by atoms with Crippen LogP contribution in [0.4, 0.5) is 0 Å². The van der Waals surface area contributed by atoms with Crippen molar-refractivity contribution in [2.75, 3.05) is 0 Å². The van der Waals surface area contributed by atoms with Crippen LogP contribution in [-0.2, 0) is 0 Å². The van der Waals surface area contributed by atoms with Gasteiger partial charge in [-0.2, -0.15) is 0 Å². The molecule has 2 heterocycles. The minimum atomic E-state index is -0.898. The van der Waals surface area contributed by atoms with Gasteiger partial charge in [-0.3, -0.25) is 0 Å². The molecule has 2 heteroatoms. The quantitative estimate of drug-likeness (QED) is 0.351. The van der Waals surface area contributed by atoms with Crippen LogP contribution >= 0.6 is 0 Å². The van der Waals surface area contributed by atoms with Crippen molar-refractivity contribution in [3.63, 3.8) is 0 Å². The lowest BCUT2D eigenvalue weighted by Gasteiger charge is -2.39. The third-order valence-corrected chi connectivity index (χ3v) is 5.76. The summed E-state index contributed by atoms with van der Waals surface area (Å²) in [7, 11) is 0. The van der Waals surface area contributed by atoms with Crippen molar-refractivity contribution in [3.8, 4) is 11.5 Å². The second kappa shape index (κ2) is 5.49. The van der Waals surface area contributed by atoms with E-state index in [1.165, 1.54) is 21.5 Å². The number of hydrogen-bond acceptors (Lipinski definition) is 2. The molecule has 2 aliphatic heterocycles. The van der Waals surface area contributed by atoms with E-state index in [2.05, 4.69) is 79.7 Å². The molecule has 0 aliphatic carbocycles. The summed E-state index contributed by atoms with van der Waals surface area (Å²) in [4.78, 5) is 0. The molecule has 0 saturated heterocycles. The Labute approximate surface area is 163 Å². The largest absolute Gasteiger partial charge is 0.444 e. The zero-order valence-corrected chi connectivity index (χ0v) is 15.5. The first-order valence-corrected chi connectivity index (χ1v) is 9.53. The molecule has 6 rings (SSSR count). The fourth-order valence-corrected chi connectivity index (χ4v) is 4.27. The summed E-state index contributed by atoms with van der Waals surface area (Å²) in [5, 5.41) is 4.80. The van der Waals surface area contributed by atoms with Gasteiger partial charge in [-0.05, 0) is 52.8 Å². The zero-order valence-electron chi connectivity index (χ0n) is 15.5. The van der Waals surface area contributed by atoms with Crippen LogP contribution in [-0.4, -0.2) is 5.79 Å². The Bertz CT molecular complexity index is 1330. The number of rotatable bonds is 0. The lowest BCUT2D eigenvalue weighted by Crippen LogP contribution is -2.44. The molecule has 4 aromatic rings. The van der Waals surface area contributed by atoms with Crippen LogP contribution in [0.15, 0.2) is 84.4 Å². The van der Waals surface area contributed by atoms with Crippen molar-refractivity contribution in [1.29, 1.82) is 0 Å². The molecule has 4 aromatic carbocycles. The summed E-state index contributed by atoms with van der Waals surface area (Å²) in [5.74, 6) is 0.793. The molecule has 1 spiro atoms. The van der Waals surface area contributed by atoms with Crippen LogP contribution in [0, 0.1) is 0 Å². The van der Waals surface area contributed by atoms with Gasteiger partial charge >= 0.3 is 0 Å². The van der Waals surface area contributed by atoms with Crippen LogP contribution in [0.3, 0.4) is 0 Å². The molecule has 0 amide bonds. The van der Waals surface area contributed by atoms with Crippen molar-refractivity contribution in [2.45, 2.75) is 12.7 Å². The fourth-order valence-electron chi connectivity index (χ4n) is 4.27. The van der Waals surface area contributed by atoms with E-state index in [4.69, 9.17) is 9.47 Å². The van der Waals surface area contributed by atoms with Gasteiger partial charge in [0.1, 0.15) is 11.5 Å². The third kappa shape index (κ3) is 2.09. The van der Waals surface area contributed by atoms with Crippen molar-refractivity contribution in [2.24, 2.45) is 0 Å². The average molecular weight is 362 g/mol. The van der Waals surface area contributed by atoms with Gasteiger partial charge < -0.3 is 9.47 Å². The van der Waals surface area contributed by atoms with E-state index in [0.29, 0.717) is 0 Å². The zero-order chi connectivity index (χ0) is 18.7. The van der Waals surface area contributed by atoms with Gasteiger partial charge in [0.2, 0.25) is 0 Å². The Hall–Kier alpha value is -3.52. The summed E-state index contributed by atoms with van der Waals surface area (Å²) in [6.45, 7) is 2.07. The fraction of sp³-hybridized carbons (Fsp3) is 0.0769. The van der Waals surface area contributed by atoms with Crippen molar-refractivity contribution in [3.05, 3.63) is 95.6 Å². The molecule has 2 nitrogen and oxygen atoms in total. The van der Waals surface area contributed by atoms with Gasteiger partial charge in [0.05, 0.1) is 0 Å². The molecule has 0 saturated carbocycles. The smallest absolute Gasteiger partial charge is 0.294 e. The summed E-state index contributed by atoms with van der Waals surface area (Å²) < 4.78 is 12.9. The molecule has 0 N–H and O–H groups in total. The molecular weight excluding hydrogens is 344 g/mol. The Morgan fingerprint density at radius 2 is 1.21 bits per heavy atom. The van der Waals surface area contributed by atoms with Crippen LogP contribution < -0.4 is 9.47 Å². The highest BCUT2D eigenvalue weighted by Gasteiger charge is 2.40. The predicted octanol–water partition coefficient (Wildman–Crippen LogP) is 6.59.